The van der Waals surface area contributed by atoms with Crippen LogP contribution < -0.4 is 4.90 Å². The maximum absolute atomic E-state index is 2.60. The maximum atomic E-state index is 2.60. The predicted molar refractivity (Wildman–Crippen MR) is 307 cm³/mol. The van der Waals surface area contributed by atoms with Crippen LogP contribution in [0.4, 0.5) is 17.1 Å². The van der Waals surface area contributed by atoms with Crippen LogP contribution in [0.25, 0.3) is 55.6 Å². The van der Waals surface area contributed by atoms with Gasteiger partial charge in [-0.25, -0.2) is 0 Å². The van der Waals surface area contributed by atoms with Crippen LogP contribution in [0, 0.1) is 0 Å². The zero-order valence-electron chi connectivity index (χ0n) is 43.9. The molecule has 0 atom stereocenters. The summed E-state index contributed by atoms with van der Waals surface area (Å²) >= 11 is 0. The van der Waals surface area contributed by atoms with Crippen molar-refractivity contribution < 1.29 is 0 Å². The van der Waals surface area contributed by atoms with Crippen LogP contribution in [-0.4, -0.2) is 0 Å². The molecule has 358 valence electrons. The summed E-state index contributed by atoms with van der Waals surface area (Å²) in [5, 5.41) is 0. The molecule has 0 bridgehead atoms. The van der Waals surface area contributed by atoms with E-state index in [-0.39, 0.29) is 21.7 Å². The smallest absolute Gasteiger partial charge is 0.0726 e. The van der Waals surface area contributed by atoms with Crippen molar-refractivity contribution in [2.45, 2.75) is 115 Å². The third kappa shape index (κ3) is 6.15. The molecule has 0 saturated heterocycles. The van der Waals surface area contributed by atoms with Gasteiger partial charge in [0.25, 0.3) is 0 Å². The minimum absolute atomic E-state index is 0.00722. The van der Waals surface area contributed by atoms with Gasteiger partial charge in [0, 0.05) is 27.9 Å². The van der Waals surface area contributed by atoms with Gasteiger partial charge in [0.05, 0.1) is 5.41 Å². The van der Waals surface area contributed by atoms with Crippen molar-refractivity contribution >= 4 is 17.1 Å². The van der Waals surface area contributed by atoms with Crippen LogP contribution >= 0.6 is 0 Å². The molecule has 5 aliphatic rings. The predicted octanol–water partition coefficient (Wildman–Crippen LogP) is 19.3. The molecule has 0 aromatic heterocycles. The van der Waals surface area contributed by atoms with Gasteiger partial charge < -0.3 is 4.90 Å². The number of fused-ring (bicyclic) bond motifs is 18. The molecule has 9 aromatic carbocycles. The molecular formula is C72H65N. The van der Waals surface area contributed by atoms with Crippen LogP contribution in [-0.2, 0) is 27.1 Å². The summed E-state index contributed by atoms with van der Waals surface area (Å²) in [5.41, 5.74) is 30.5. The average molecular weight is 944 g/mol. The topological polar surface area (TPSA) is 3.24 Å². The fourth-order valence-corrected chi connectivity index (χ4v) is 14.9. The highest BCUT2D eigenvalue weighted by atomic mass is 15.1. The van der Waals surface area contributed by atoms with E-state index in [0.29, 0.717) is 0 Å². The van der Waals surface area contributed by atoms with E-state index < -0.39 is 5.41 Å². The quantitative estimate of drug-likeness (QED) is 0.170. The van der Waals surface area contributed by atoms with E-state index >= 15 is 0 Å². The maximum Gasteiger partial charge on any atom is 0.0726 e. The van der Waals surface area contributed by atoms with Crippen LogP contribution in [0.3, 0.4) is 0 Å². The summed E-state index contributed by atoms with van der Waals surface area (Å²) in [5.74, 6) is 0. The van der Waals surface area contributed by atoms with Gasteiger partial charge in [0.1, 0.15) is 0 Å². The van der Waals surface area contributed by atoms with Gasteiger partial charge in [-0.3, -0.25) is 0 Å². The molecule has 0 radical (unpaired) electrons. The molecule has 1 fully saturated rings. The second-order valence-corrected chi connectivity index (χ2v) is 24.7. The van der Waals surface area contributed by atoms with Crippen LogP contribution in [0.2, 0.25) is 0 Å². The summed E-state index contributed by atoms with van der Waals surface area (Å²) in [4.78, 5) is 2.60. The lowest BCUT2D eigenvalue weighted by molar-refractivity contribution is 0.353. The van der Waals surface area contributed by atoms with Gasteiger partial charge in [-0.2, -0.15) is 0 Å². The third-order valence-corrected chi connectivity index (χ3v) is 18.4. The van der Waals surface area contributed by atoms with E-state index in [4.69, 9.17) is 0 Å². The molecular weight excluding hydrogens is 879 g/mol. The first-order valence-electron chi connectivity index (χ1n) is 27.1. The van der Waals surface area contributed by atoms with Crippen molar-refractivity contribution in [1.29, 1.82) is 0 Å². The van der Waals surface area contributed by atoms with Crippen LogP contribution in [0.1, 0.15) is 143 Å². The Morgan fingerprint density at radius 1 is 0.342 bits per heavy atom. The summed E-state index contributed by atoms with van der Waals surface area (Å²) in [6, 6.07) is 73.9. The molecule has 9 aromatic rings. The number of hydrogen-bond donors (Lipinski definition) is 0. The first-order chi connectivity index (χ1) is 35.2. The molecule has 0 unspecified atom stereocenters. The Bertz CT molecular complexity index is 3720. The highest BCUT2D eigenvalue weighted by Gasteiger charge is 2.53. The Balaban J connectivity index is 1.02. The van der Waals surface area contributed by atoms with Gasteiger partial charge in [0.15, 0.2) is 0 Å². The minimum atomic E-state index is -0.496. The summed E-state index contributed by atoms with van der Waals surface area (Å²) in [6.07, 6.45) is 6.22. The zero-order chi connectivity index (χ0) is 49.8. The minimum Gasteiger partial charge on any atom is -0.310 e. The highest BCUT2D eigenvalue weighted by Crippen LogP contribution is 2.65. The first kappa shape index (κ1) is 44.5. The van der Waals surface area contributed by atoms with E-state index in [1.54, 1.807) is 0 Å². The SMILES string of the molecule is CC(C)(C)c1ccc2c(c1)-c1cc(C(C)(C)C)ccc1C21c2ccccc2-c2ccc(N(c3cccc(-c4cccc5c4C(C)(C)c4ccccc4-5)c3)c3ccc4c(c3)C3(CCCCC3)c3ccccc3-4)cc21. The molecule has 1 nitrogen and oxygen atoms in total. The average Bonchev–Trinajstić information content (AvgIpc) is 4.04. The van der Waals surface area contributed by atoms with Gasteiger partial charge in [0.2, 0.25) is 0 Å². The lowest BCUT2D eigenvalue weighted by Gasteiger charge is -2.37. The zero-order valence-corrected chi connectivity index (χ0v) is 43.9. The van der Waals surface area contributed by atoms with E-state index in [1.165, 1.54) is 155 Å². The van der Waals surface area contributed by atoms with Crippen molar-refractivity contribution in [1.82, 2.24) is 0 Å². The second kappa shape index (κ2) is 15.4. The van der Waals surface area contributed by atoms with Crippen LogP contribution in [0.5, 0.6) is 0 Å². The molecule has 14 rings (SSSR count). The Morgan fingerprint density at radius 3 is 1.44 bits per heavy atom. The number of hydrogen-bond acceptors (Lipinski definition) is 1. The van der Waals surface area contributed by atoms with Crippen molar-refractivity contribution in [3.8, 4) is 55.6 Å². The monoisotopic (exact) mass is 944 g/mol. The van der Waals surface area contributed by atoms with E-state index in [1.807, 2.05) is 0 Å². The highest BCUT2D eigenvalue weighted by molar-refractivity contribution is 5.98. The van der Waals surface area contributed by atoms with Crippen molar-refractivity contribution in [2.24, 2.45) is 0 Å². The van der Waals surface area contributed by atoms with Gasteiger partial charge >= 0.3 is 0 Å². The standard InChI is InChI=1S/C72H65N/c1-68(2,3)46-30-36-63-58(41-46)59-42-47(69(4,5)6)31-37-64(59)72(63)62-29-15-12-23-53(62)56-35-33-50(44-66(56)72)73(49-32-34-55-52-22-11-14-28-61(52)71(65(55)43-49)38-16-9-17-39-71)48-21-18-20-45(40-48)51-25-19-26-57-54-24-10-13-27-60(54)70(7,8)67(51)57/h10-15,18-37,40-44H,9,16-17,38-39H2,1-8H3. The molecule has 0 N–H and O–H groups in total. The number of anilines is 3. The molecule has 0 heterocycles. The largest absolute Gasteiger partial charge is 0.310 e. The number of nitrogens with zero attached hydrogens (tertiary/aromatic N) is 1. The molecule has 1 saturated carbocycles. The van der Waals surface area contributed by atoms with E-state index in [9.17, 15) is 0 Å². The van der Waals surface area contributed by atoms with Crippen LogP contribution in [0.15, 0.2) is 188 Å². The van der Waals surface area contributed by atoms with Crippen molar-refractivity contribution in [3.63, 3.8) is 0 Å². The Labute approximate surface area is 433 Å². The summed E-state index contributed by atoms with van der Waals surface area (Å²) < 4.78 is 0. The van der Waals surface area contributed by atoms with Crippen molar-refractivity contribution in [2.75, 3.05) is 4.90 Å². The fourth-order valence-electron chi connectivity index (χ4n) is 14.9. The molecule has 73 heavy (non-hydrogen) atoms. The summed E-state index contributed by atoms with van der Waals surface area (Å²) in [6.45, 7) is 18.9. The number of rotatable bonds is 4. The Hall–Kier alpha value is -7.22. The first-order valence-corrected chi connectivity index (χ1v) is 27.1. The van der Waals surface area contributed by atoms with Crippen molar-refractivity contribution in [3.05, 3.63) is 244 Å². The number of benzene rings is 9. The fraction of sp³-hybridized carbons (Fsp3) is 0.250. The Kier molecular flexibility index (Phi) is 9.39. The van der Waals surface area contributed by atoms with Gasteiger partial charge in [-0.1, -0.05) is 226 Å². The second-order valence-electron chi connectivity index (χ2n) is 24.7. The van der Waals surface area contributed by atoms with Gasteiger partial charge in [-0.05, 0) is 171 Å². The lowest BCUT2D eigenvalue weighted by Crippen LogP contribution is -2.28. The lowest BCUT2D eigenvalue weighted by atomic mass is 9.68. The molecule has 2 spiro atoms. The molecule has 0 amide bonds. The Morgan fingerprint density at radius 2 is 0.808 bits per heavy atom. The third-order valence-electron chi connectivity index (χ3n) is 18.4. The normalized spacial score (nSPS) is 16.5. The molecule has 1 heteroatoms. The van der Waals surface area contributed by atoms with E-state index in [0.717, 1.165) is 5.69 Å². The molecule has 0 aliphatic heterocycles. The summed E-state index contributed by atoms with van der Waals surface area (Å²) in [7, 11) is 0. The van der Waals surface area contributed by atoms with Gasteiger partial charge in [-0.15, -0.1) is 0 Å². The molecule has 5 aliphatic carbocycles. The van der Waals surface area contributed by atoms with E-state index in [2.05, 4.69) is 248 Å².